The third-order valence-electron chi connectivity index (χ3n) is 2.54. The van der Waals surface area contributed by atoms with Crippen LogP contribution in [-0.4, -0.2) is 31.7 Å². The number of nitriles is 1. The normalized spacial score (nSPS) is 10.4. The van der Waals surface area contributed by atoms with Gasteiger partial charge in [-0.25, -0.2) is 0 Å². The summed E-state index contributed by atoms with van der Waals surface area (Å²) in [5.41, 5.74) is 7.62. The highest BCUT2D eigenvalue weighted by Crippen LogP contribution is 2.08. The third-order valence-corrected chi connectivity index (χ3v) is 2.54. The molecular formula is C13H19N3O. The number of hydrogen-bond donors (Lipinski definition) is 1. The van der Waals surface area contributed by atoms with Crippen molar-refractivity contribution in [2.24, 2.45) is 0 Å². The molecule has 0 bridgehead atoms. The minimum absolute atomic E-state index is 0.540. The van der Waals surface area contributed by atoms with E-state index in [-0.39, 0.29) is 0 Å². The first-order valence-corrected chi connectivity index (χ1v) is 5.69. The molecule has 0 aliphatic rings. The van der Waals surface area contributed by atoms with Gasteiger partial charge in [0.15, 0.2) is 0 Å². The van der Waals surface area contributed by atoms with Crippen molar-refractivity contribution in [3.05, 3.63) is 29.8 Å². The van der Waals surface area contributed by atoms with E-state index in [1.807, 2.05) is 24.3 Å². The third kappa shape index (κ3) is 5.34. The molecule has 92 valence electrons. The lowest BCUT2D eigenvalue weighted by molar-refractivity contribution is 0.145. The Morgan fingerprint density at radius 3 is 2.59 bits per heavy atom. The maximum Gasteiger partial charge on any atom is 0.0635 e. The van der Waals surface area contributed by atoms with Crippen LogP contribution in [0.2, 0.25) is 0 Å². The summed E-state index contributed by atoms with van der Waals surface area (Å²) < 4.78 is 5.06. The molecule has 0 saturated carbocycles. The Kier molecular flexibility index (Phi) is 6.08. The van der Waals surface area contributed by atoms with E-state index >= 15 is 0 Å². The minimum Gasteiger partial charge on any atom is -0.399 e. The summed E-state index contributed by atoms with van der Waals surface area (Å²) in [6, 6.07) is 9.99. The summed E-state index contributed by atoms with van der Waals surface area (Å²) in [5.74, 6) is 0. The Morgan fingerprint density at radius 1 is 1.29 bits per heavy atom. The molecule has 1 aromatic carbocycles. The molecule has 0 aromatic heterocycles. The Balaban J connectivity index is 2.52. The van der Waals surface area contributed by atoms with Crippen LogP contribution in [0.25, 0.3) is 0 Å². The highest BCUT2D eigenvalue weighted by Gasteiger charge is 2.05. The standard InChI is InChI=1S/C13H19N3O/c1-17-10-9-16(8-2-7-14)11-12-3-5-13(15)6-4-12/h3-6H,2,8-11,15H2,1H3. The van der Waals surface area contributed by atoms with Crippen LogP contribution in [0.15, 0.2) is 24.3 Å². The molecule has 1 rings (SSSR count). The average Bonchev–Trinajstić information content (AvgIpc) is 2.35. The smallest absolute Gasteiger partial charge is 0.0635 e. The summed E-state index contributed by atoms with van der Waals surface area (Å²) in [6.45, 7) is 3.11. The van der Waals surface area contributed by atoms with Crippen molar-refractivity contribution in [1.29, 1.82) is 5.26 Å². The van der Waals surface area contributed by atoms with Crippen molar-refractivity contribution in [3.63, 3.8) is 0 Å². The van der Waals surface area contributed by atoms with Gasteiger partial charge in [0.2, 0.25) is 0 Å². The monoisotopic (exact) mass is 233 g/mol. The number of anilines is 1. The molecule has 0 fully saturated rings. The van der Waals surface area contributed by atoms with Crippen molar-refractivity contribution in [2.45, 2.75) is 13.0 Å². The molecule has 0 atom stereocenters. The van der Waals surface area contributed by atoms with Gasteiger partial charge >= 0.3 is 0 Å². The van der Waals surface area contributed by atoms with Gasteiger partial charge in [0.05, 0.1) is 12.7 Å². The van der Waals surface area contributed by atoms with Gasteiger partial charge in [-0.05, 0) is 17.7 Å². The molecule has 0 aliphatic heterocycles. The Morgan fingerprint density at radius 2 is 2.00 bits per heavy atom. The second-order valence-electron chi connectivity index (χ2n) is 3.92. The fourth-order valence-corrected chi connectivity index (χ4v) is 1.58. The SMILES string of the molecule is COCCN(CCC#N)Cc1ccc(N)cc1. The molecule has 0 unspecified atom stereocenters. The van der Waals surface area contributed by atoms with Crippen LogP contribution in [0.5, 0.6) is 0 Å². The maximum atomic E-state index is 8.62. The van der Waals surface area contributed by atoms with E-state index in [1.165, 1.54) is 5.56 Å². The van der Waals surface area contributed by atoms with Crippen molar-refractivity contribution < 1.29 is 4.74 Å². The molecule has 0 amide bonds. The summed E-state index contributed by atoms with van der Waals surface area (Å²) in [6.07, 6.45) is 0.540. The van der Waals surface area contributed by atoms with Crippen LogP contribution in [0.3, 0.4) is 0 Å². The number of methoxy groups -OCH3 is 1. The quantitative estimate of drug-likeness (QED) is 0.727. The molecule has 4 nitrogen and oxygen atoms in total. The predicted octanol–water partition coefficient (Wildman–Crippen LogP) is 1.63. The fourth-order valence-electron chi connectivity index (χ4n) is 1.58. The zero-order chi connectivity index (χ0) is 12.5. The summed E-state index contributed by atoms with van der Waals surface area (Å²) in [7, 11) is 1.69. The number of nitrogens with zero attached hydrogens (tertiary/aromatic N) is 2. The van der Waals surface area contributed by atoms with Crippen molar-refractivity contribution in [1.82, 2.24) is 4.90 Å². The van der Waals surface area contributed by atoms with Gasteiger partial charge in [-0.3, -0.25) is 4.90 Å². The van der Waals surface area contributed by atoms with Gasteiger partial charge in [0.1, 0.15) is 0 Å². The first kappa shape index (κ1) is 13.5. The Bertz CT molecular complexity index is 356. The first-order valence-electron chi connectivity index (χ1n) is 5.69. The molecule has 4 heteroatoms. The van der Waals surface area contributed by atoms with Gasteiger partial charge in [0.25, 0.3) is 0 Å². The van der Waals surface area contributed by atoms with Crippen LogP contribution in [0.1, 0.15) is 12.0 Å². The molecule has 0 radical (unpaired) electrons. The van der Waals surface area contributed by atoms with Crippen molar-refractivity contribution >= 4 is 5.69 Å². The lowest BCUT2D eigenvalue weighted by Crippen LogP contribution is -2.27. The van der Waals surface area contributed by atoms with Gasteiger partial charge in [0, 0.05) is 38.9 Å². The summed E-state index contributed by atoms with van der Waals surface area (Å²) in [5, 5.41) is 8.62. The highest BCUT2D eigenvalue weighted by molar-refractivity contribution is 5.39. The molecule has 0 spiro atoms. The van der Waals surface area contributed by atoms with E-state index in [2.05, 4.69) is 11.0 Å². The molecule has 0 heterocycles. The molecule has 17 heavy (non-hydrogen) atoms. The lowest BCUT2D eigenvalue weighted by atomic mass is 10.2. The molecule has 0 aliphatic carbocycles. The lowest BCUT2D eigenvalue weighted by Gasteiger charge is -2.20. The topological polar surface area (TPSA) is 62.3 Å². The molecular weight excluding hydrogens is 214 g/mol. The van der Waals surface area contributed by atoms with Gasteiger partial charge in [-0.1, -0.05) is 12.1 Å². The zero-order valence-corrected chi connectivity index (χ0v) is 10.2. The number of benzene rings is 1. The fraction of sp³-hybridized carbons (Fsp3) is 0.462. The van der Waals surface area contributed by atoms with Crippen LogP contribution in [-0.2, 0) is 11.3 Å². The van der Waals surface area contributed by atoms with Crippen LogP contribution in [0.4, 0.5) is 5.69 Å². The van der Waals surface area contributed by atoms with E-state index in [1.54, 1.807) is 7.11 Å². The number of rotatable bonds is 7. The van der Waals surface area contributed by atoms with Crippen molar-refractivity contribution in [3.8, 4) is 6.07 Å². The van der Waals surface area contributed by atoms with Crippen molar-refractivity contribution in [2.75, 3.05) is 32.5 Å². The van der Waals surface area contributed by atoms with E-state index in [9.17, 15) is 0 Å². The highest BCUT2D eigenvalue weighted by atomic mass is 16.5. The number of nitrogen functional groups attached to an aromatic ring is 1. The number of ether oxygens (including phenoxy) is 1. The molecule has 0 saturated heterocycles. The van der Waals surface area contributed by atoms with Crippen LogP contribution in [0, 0.1) is 11.3 Å². The molecule has 1 aromatic rings. The van der Waals surface area contributed by atoms with Crippen LogP contribution < -0.4 is 5.73 Å². The van der Waals surface area contributed by atoms with Crippen LogP contribution >= 0.6 is 0 Å². The summed E-state index contributed by atoms with van der Waals surface area (Å²) >= 11 is 0. The van der Waals surface area contributed by atoms with Gasteiger partial charge in [-0.2, -0.15) is 5.26 Å². The predicted molar refractivity (Wildman–Crippen MR) is 68.2 cm³/mol. The largest absolute Gasteiger partial charge is 0.399 e. The minimum atomic E-state index is 0.540. The second kappa shape index (κ2) is 7.66. The van der Waals surface area contributed by atoms with E-state index < -0.39 is 0 Å². The number of hydrogen-bond acceptors (Lipinski definition) is 4. The zero-order valence-electron chi connectivity index (χ0n) is 10.2. The number of nitrogens with two attached hydrogens (primary N) is 1. The maximum absolute atomic E-state index is 8.62. The van der Waals surface area contributed by atoms with E-state index in [0.29, 0.717) is 13.0 Å². The molecule has 2 N–H and O–H groups in total. The Labute approximate surface area is 103 Å². The Hall–Kier alpha value is -1.57. The summed E-state index contributed by atoms with van der Waals surface area (Å²) in [4.78, 5) is 2.21. The van der Waals surface area contributed by atoms with Gasteiger partial charge in [-0.15, -0.1) is 0 Å². The average molecular weight is 233 g/mol. The first-order chi connectivity index (χ1) is 8.26. The van der Waals surface area contributed by atoms with E-state index in [0.717, 1.165) is 25.3 Å². The van der Waals surface area contributed by atoms with Gasteiger partial charge < -0.3 is 10.5 Å². The second-order valence-corrected chi connectivity index (χ2v) is 3.92. The van der Waals surface area contributed by atoms with E-state index in [4.69, 9.17) is 15.7 Å².